The van der Waals surface area contributed by atoms with Gasteiger partial charge in [0, 0.05) is 32.9 Å². The molecule has 11 heteroatoms. The topological polar surface area (TPSA) is 95.1 Å². The van der Waals surface area contributed by atoms with E-state index in [0.29, 0.717) is 0 Å². The van der Waals surface area contributed by atoms with E-state index in [0.717, 1.165) is 38.0 Å². The van der Waals surface area contributed by atoms with E-state index in [1.54, 1.807) is 0 Å². The molecule has 0 fully saturated rings. The van der Waals surface area contributed by atoms with Crippen LogP contribution in [0.15, 0.2) is 44.7 Å². The number of pyridine rings is 1. The standard InChI is InChI=1S/C18H15F3N4O4/c1-23-12(26)8-11(13-15(23)24(2)17(29)25(3)16(13)28)14(27)22-10-6-4-5-9(7-10)18(19,20)21/h4-8H,1-3H3,(H,22,27). The van der Waals surface area contributed by atoms with E-state index >= 15 is 0 Å². The number of nitrogens with zero attached hydrogens (tertiary/aromatic N) is 3. The van der Waals surface area contributed by atoms with E-state index in [4.69, 9.17) is 0 Å². The number of halogens is 3. The number of benzene rings is 1. The smallest absolute Gasteiger partial charge is 0.322 e. The Morgan fingerprint density at radius 3 is 2.24 bits per heavy atom. The summed E-state index contributed by atoms with van der Waals surface area (Å²) in [5, 5.41) is 2.06. The van der Waals surface area contributed by atoms with Gasteiger partial charge in [-0.05, 0) is 18.2 Å². The highest BCUT2D eigenvalue weighted by Crippen LogP contribution is 2.30. The Bertz CT molecular complexity index is 1330. The number of hydrogen-bond donors (Lipinski definition) is 1. The fraction of sp³-hybridized carbons (Fsp3) is 0.222. The number of fused-ring (bicyclic) bond motifs is 1. The maximum absolute atomic E-state index is 12.9. The zero-order valence-corrected chi connectivity index (χ0v) is 15.5. The minimum atomic E-state index is -4.61. The molecule has 0 spiro atoms. The Kier molecular flexibility index (Phi) is 4.69. The number of carbonyl (C=O) groups is 1. The SMILES string of the molecule is Cn1c(=O)c2c(C(=O)Nc3cccc(C(F)(F)F)c3)cc(=O)n(C)c2n(C)c1=O. The second-order valence-corrected chi connectivity index (χ2v) is 6.39. The first-order valence-electron chi connectivity index (χ1n) is 8.22. The Morgan fingerprint density at radius 2 is 1.62 bits per heavy atom. The van der Waals surface area contributed by atoms with Crippen LogP contribution in [0.25, 0.3) is 11.0 Å². The predicted octanol–water partition coefficient (Wildman–Crippen LogP) is 1.21. The molecule has 29 heavy (non-hydrogen) atoms. The highest BCUT2D eigenvalue weighted by Gasteiger charge is 2.30. The summed E-state index contributed by atoms with van der Waals surface area (Å²) in [5.74, 6) is -0.956. The molecule has 0 aliphatic rings. The molecule has 1 N–H and O–H groups in total. The predicted molar refractivity (Wildman–Crippen MR) is 99.1 cm³/mol. The van der Waals surface area contributed by atoms with Crippen molar-refractivity contribution >= 4 is 22.6 Å². The zero-order chi connectivity index (χ0) is 21.7. The average molecular weight is 408 g/mol. The molecule has 1 amide bonds. The van der Waals surface area contributed by atoms with Gasteiger partial charge in [-0.25, -0.2) is 4.79 Å². The molecular weight excluding hydrogens is 393 g/mol. The molecule has 0 atom stereocenters. The van der Waals surface area contributed by atoms with Gasteiger partial charge in [0.25, 0.3) is 17.0 Å². The van der Waals surface area contributed by atoms with Crippen molar-refractivity contribution in [3.05, 3.63) is 72.7 Å². The van der Waals surface area contributed by atoms with Crippen molar-refractivity contribution in [2.45, 2.75) is 6.18 Å². The number of alkyl halides is 3. The van der Waals surface area contributed by atoms with Gasteiger partial charge >= 0.3 is 11.9 Å². The number of hydrogen-bond acceptors (Lipinski definition) is 4. The van der Waals surface area contributed by atoms with E-state index in [-0.39, 0.29) is 22.3 Å². The largest absolute Gasteiger partial charge is 0.416 e. The lowest BCUT2D eigenvalue weighted by Crippen LogP contribution is -2.40. The first-order valence-corrected chi connectivity index (χ1v) is 8.22. The number of carbonyl (C=O) groups excluding carboxylic acids is 1. The molecule has 0 aliphatic heterocycles. The third-order valence-corrected chi connectivity index (χ3v) is 4.51. The van der Waals surface area contributed by atoms with Gasteiger partial charge in [-0.2, -0.15) is 13.2 Å². The minimum Gasteiger partial charge on any atom is -0.322 e. The lowest BCUT2D eigenvalue weighted by atomic mass is 10.1. The number of aryl methyl sites for hydroxylation is 2. The van der Waals surface area contributed by atoms with Crippen molar-refractivity contribution in [1.29, 1.82) is 0 Å². The lowest BCUT2D eigenvalue weighted by molar-refractivity contribution is -0.137. The number of anilines is 1. The molecule has 0 bridgehead atoms. The fourth-order valence-corrected chi connectivity index (χ4v) is 3.01. The van der Waals surface area contributed by atoms with Crippen LogP contribution < -0.4 is 22.1 Å². The first-order chi connectivity index (χ1) is 13.4. The summed E-state index contributed by atoms with van der Waals surface area (Å²) in [5.41, 5.74) is -3.75. The summed E-state index contributed by atoms with van der Waals surface area (Å²) in [6.45, 7) is 0. The highest BCUT2D eigenvalue weighted by atomic mass is 19.4. The molecule has 0 saturated heterocycles. The van der Waals surface area contributed by atoms with Crippen LogP contribution in [0.3, 0.4) is 0 Å². The second kappa shape index (κ2) is 6.76. The Labute approximate surface area is 160 Å². The number of rotatable bonds is 2. The summed E-state index contributed by atoms with van der Waals surface area (Å²) < 4.78 is 41.5. The molecule has 1 aromatic carbocycles. The minimum absolute atomic E-state index is 0.0835. The third-order valence-electron chi connectivity index (χ3n) is 4.51. The van der Waals surface area contributed by atoms with Crippen molar-refractivity contribution in [2.24, 2.45) is 21.1 Å². The summed E-state index contributed by atoms with van der Waals surface area (Å²) in [4.78, 5) is 49.8. The molecule has 2 aromatic heterocycles. The van der Waals surface area contributed by atoms with Gasteiger partial charge in [-0.1, -0.05) is 6.07 Å². The summed E-state index contributed by atoms with van der Waals surface area (Å²) >= 11 is 0. The molecule has 3 aromatic rings. The van der Waals surface area contributed by atoms with Gasteiger partial charge in [0.15, 0.2) is 0 Å². The number of amides is 1. The van der Waals surface area contributed by atoms with Gasteiger partial charge in [0.05, 0.1) is 16.5 Å². The van der Waals surface area contributed by atoms with Crippen LogP contribution in [0, 0.1) is 0 Å². The van der Waals surface area contributed by atoms with Crippen molar-refractivity contribution in [1.82, 2.24) is 13.7 Å². The lowest BCUT2D eigenvalue weighted by Gasteiger charge is -2.14. The molecule has 2 heterocycles. The average Bonchev–Trinajstić information content (AvgIpc) is 2.65. The van der Waals surface area contributed by atoms with Crippen LogP contribution in [-0.4, -0.2) is 19.6 Å². The van der Waals surface area contributed by atoms with Gasteiger partial charge < -0.3 is 5.32 Å². The van der Waals surface area contributed by atoms with Crippen LogP contribution in [0.5, 0.6) is 0 Å². The number of aromatic nitrogens is 3. The molecule has 0 saturated carbocycles. The van der Waals surface area contributed by atoms with Crippen molar-refractivity contribution in [3.63, 3.8) is 0 Å². The van der Waals surface area contributed by atoms with Gasteiger partial charge in [0.1, 0.15) is 5.65 Å². The molecule has 3 rings (SSSR count). The van der Waals surface area contributed by atoms with Crippen LogP contribution >= 0.6 is 0 Å². The van der Waals surface area contributed by atoms with E-state index in [1.165, 1.54) is 27.2 Å². The van der Waals surface area contributed by atoms with Gasteiger partial charge in [0.2, 0.25) is 0 Å². The van der Waals surface area contributed by atoms with E-state index in [9.17, 15) is 32.3 Å². The zero-order valence-electron chi connectivity index (χ0n) is 15.5. The second-order valence-electron chi connectivity index (χ2n) is 6.39. The molecule has 152 valence electrons. The molecule has 0 radical (unpaired) electrons. The molecule has 0 aliphatic carbocycles. The van der Waals surface area contributed by atoms with Crippen molar-refractivity contribution in [3.8, 4) is 0 Å². The third kappa shape index (κ3) is 3.35. The van der Waals surface area contributed by atoms with Gasteiger partial charge in [-0.15, -0.1) is 0 Å². The van der Waals surface area contributed by atoms with Crippen LogP contribution in [0.2, 0.25) is 0 Å². The maximum Gasteiger partial charge on any atom is 0.416 e. The van der Waals surface area contributed by atoms with Crippen molar-refractivity contribution in [2.75, 3.05) is 5.32 Å². The molecular formula is C18H15F3N4O4. The quantitative estimate of drug-likeness (QED) is 0.690. The first kappa shape index (κ1) is 20.1. The Morgan fingerprint density at radius 1 is 0.966 bits per heavy atom. The maximum atomic E-state index is 12.9. The fourth-order valence-electron chi connectivity index (χ4n) is 3.01. The Hall–Kier alpha value is -3.63. The monoisotopic (exact) mass is 408 g/mol. The number of nitrogens with one attached hydrogen (secondary N) is 1. The summed E-state index contributed by atoms with van der Waals surface area (Å²) in [6.07, 6.45) is -4.61. The normalized spacial score (nSPS) is 11.7. The van der Waals surface area contributed by atoms with E-state index < -0.39 is 34.5 Å². The molecule has 8 nitrogen and oxygen atoms in total. The van der Waals surface area contributed by atoms with Gasteiger partial charge in [-0.3, -0.25) is 28.1 Å². The van der Waals surface area contributed by atoms with Crippen LogP contribution in [0.4, 0.5) is 18.9 Å². The highest BCUT2D eigenvalue weighted by molar-refractivity contribution is 6.11. The van der Waals surface area contributed by atoms with E-state index in [1.807, 2.05) is 0 Å². The summed E-state index contributed by atoms with van der Waals surface area (Å²) in [6, 6.07) is 4.83. The summed E-state index contributed by atoms with van der Waals surface area (Å²) in [7, 11) is 3.87. The van der Waals surface area contributed by atoms with Crippen LogP contribution in [-0.2, 0) is 27.3 Å². The van der Waals surface area contributed by atoms with Crippen LogP contribution in [0.1, 0.15) is 15.9 Å². The van der Waals surface area contributed by atoms with Crippen molar-refractivity contribution < 1.29 is 18.0 Å². The molecule has 0 unspecified atom stereocenters. The Balaban J connectivity index is 2.22. The van der Waals surface area contributed by atoms with E-state index in [2.05, 4.69) is 5.32 Å².